The Balaban J connectivity index is 2.77. The third-order valence-electron chi connectivity index (χ3n) is 1.29. The third-order valence-corrected chi connectivity index (χ3v) is 1.29. The van der Waals surface area contributed by atoms with Crippen LogP contribution in [-0.4, -0.2) is 6.18 Å². The molecule has 12 heavy (non-hydrogen) atoms. The van der Waals surface area contributed by atoms with Crippen molar-refractivity contribution in [2.45, 2.75) is 12.6 Å². The van der Waals surface area contributed by atoms with Crippen LogP contribution in [0.2, 0.25) is 0 Å². The van der Waals surface area contributed by atoms with E-state index in [1.807, 2.05) is 0 Å². The second-order valence-corrected chi connectivity index (χ2v) is 2.42. The molecule has 66 valence electrons. The number of hydrogen-bond donors (Lipinski definition) is 0. The molecule has 1 rings (SSSR count). The van der Waals surface area contributed by atoms with Gasteiger partial charge < -0.3 is 0 Å². The molecule has 0 fully saturated rings. The van der Waals surface area contributed by atoms with Crippen LogP contribution in [-0.2, 0) is 6.42 Å². The van der Waals surface area contributed by atoms with Crippen molar-refractivity contribution in [3.63, 3.8) is 0 Å². The van der Waals surface area contributed by atoms with Gasteiger partial charge in [0.25, 0.3) is 0 Å². The molecule has 0 amide bonds. The van der Waals surface area contributed by atoms with Crippen molar-refractivity contribution >= 4 is 0 Å². The van der Waals surface area contributed by atoms with Crippen LogP contribution in [0.4, 0.5) is 17.6 Å². The highest BCUT2D eigenvalue weighted by Gasteiger charge is 2.27. The van der Waals surface area contributed by atoms with E-state index >= 15 is 0 Å². The van der Waals surface area contributed by atoms with Crippen LogP contribution >= 0.6 is 0 Å². The van der Waals surface area contributed by atoms with Gasteiger partial charge in [0.05, 0.1) is 6.42 Å². The molecule has 0 radical (unpaired) electrons. The first kappa shape index (κ1) is 9.03. The molecule has 0 saturated heterocycles. The van der Waals surface area contributed by atoms with E-state index in [0.717, 1.165) is 12.1 Å². The number of halogens is 4. The van der Waals surface area contributed by atoms with E-state index in [0.29, 0.717) is 0 Å². The molecule has 0 heterocycles. The molecule has 0 spiro atoms. The summed E-state index contributed by atoms with van der Waals surface area (Å²) in [5, 5.41) is 0. The van der Waals surface area contributed by atoms with E-state index in [1.54, 1.807) is 0 Å². The van der Waals surface area contributed by atoms with Crippen molar-refractivity contribution in [3.8, 4) is 0 Å². The molecule has 0 unspecified atom stereocenters. The number of rotatable bonds is 1. The Morgan fingerprint density at radius 2 is 1.83 bits per heavy atom. The van der Waals surface area contributed by atoms with Crippen molar-refractivity contribution in [1.29, 1.82) is 0 Å². The van der Waals surface area contributed by atoms with Gasteiger partial charge in [-0.15, -0.1) is 0 Å². The lowest BCUT2D eigenvalue weighted by Crippen LogP contribution is -2.11. The molecule has 0 atom stereocenters. The van der Waals surface area contributed by atoms with Crippen molar-refractivity contribution in [2.24, 2.45) is 0 Å². The predicted octanol–water partition coefficient (Wildman–Crippen LogP) is 2.93. The van der Waals surface area contributed by atoms with E-state index < -0.39 is 18.4 Å². The quantitative estimate of drug-likeness (QED) is 0.580. The molecule has 0 nitrogen and oxygen atoms in total. The lowest BCUT2D eigenvalue weighted by molar-refractivity contribution is -0.127. The lowest BCUT2D eigenvalue weighted by Gasteiger charge is -2.05. The molecular formula is C8H6F4. The summed E-state index contributed by atoms with van der Waals surface area (Å²) in [7, 11) is 0. The van der Waals surface area contributed by atoms with Crippen molar-refractivity contribution in [2.75, 3.05) is 0 Å². The summed E-state index contributed by atoms with van der Waals surface area (Å²) in [6.45, 7) is 0. The van der Waals surface area contributed by atoms with Gasteiger partial charge in [0.2, 0.25) is 0 Å². The fraction of sp³-hybridized carbons (Fsp3) is 0.250. The molecular weight excluding hydrogens is 172 g/mol. The summed E-state index contributed by atoms with van der Waals surface area (Å²) in [5.41, 5.74) is -0.0532. The minimum atomic E-state index is -4.27. The largest absolute Gasteiger partial charge is 0.393 e. The molecule has 0 bridgehead atoms. The molecule has 1 aromatic rings. The minimum Gasteiger partial charge on any atom is -0.207 e. The van der Waals surface area contributed by atoms with Crippen LogP contribution in [0.1, 0.15) is 5.56 Å². The minimum absolute atomic E-state index is 0.0532. The maximum absolute atomic E-state index is 12.4. The summed E-state index contributed by atoms with van der Waals surface area (Å²) >= 11 is 0. The van der Waals surface area contributed by atoms with Gasteiger partial charge in [0.1, 0.15) is 5.82 Å². The molecule has 0 aliphatic carbocycles. The van der Waals surface area contributed by atoms with Gasteiger partial charge in [-0.2, -0.15) is 13.2 Å². The summed E-state index contributed by atoms with van der Waals surface area (Å²) in [6.07, 6.45) is -5.35. The second kappa shape index (κ2) is 3.13. The highest BCUT2D eigenvalue weighted by Crippen LogP contribution is 2.21. The Hall–Kier alpha value is -1.06. The lowest BCUT2D eigenvalue weighted by atomic mass is 10.1. The average Bonchev–Trinajstić information content (AvgIpc) is 1.82. The first-order valence-corrected chi connectivity index (χ1v) is 3.28. The van der Waals surface area contributed by atoms with E-state index in [2.05, 4.69) is 0 Å². The molecule has 0 aliphatic heterocycles. The van der Waals surface area contributed by atoms with E-state index in [9.17, 15) is 17.6 Å². The molecule has 0 aliphatic rings. The Morgan fingerprint density at radius 3 is 2.33 bits per heavy atom. The van der Waals surface area contributed by atoms with Gasteiger partial charge >= 0.3 is 6.18 Å². The SMILES string of the molecule is Fc1cccc(CC(F)(F)F)c1. The zero-order valence-corrected chi connectivity index (χ0v) is 6.03. The fourth-order valence-corrected chi connectivity index (χ4v) is 0.878. The average molecular weight is 178 g/mol. The zero-order valence-electron chi connectivity index (χ0n) is 6.03. The highest BCUT2D eigenvalue weighted by atomic mass is 19.4. The van der Waals surface area contributed by atoms with E-state index in [4.69, 9.17) is 0 Å². The summed E-state index contributed by atoms with van der Waals surface area (Å²) in [4.78, 5) is 0. The first-order valence-electron chi connectivity index (χ1n) is 3.28. The molecule has 1 aromatic carbocycles. The monoisotopic (exact) mass is 178 g/mol. The standard InChI is InChI=1S/C8H6F4/c9-7-3-1-2-6(4-7)5-8(10,11)12/h1-4H,5H2. The van der Waals surface area contributed by atoms with Crippen LogP contribution < -0.4 is 0 Å². The van der Waals surface area contributed by atoms with E-state index in [-0.39, 0.29) is 5.56 Å². The topological polar surface area (TPSA) is 0 Å². The Bertz CT molecular complexity index is 264. The van der Waals surface area contributed by atoms with Crippen LogP contribution in [0.5, 0.6) is 0 Å². The van der Waals surface area contributed by atoms with Crippen LogP contribution in [0, 0.1) is 5.82 Å². The Kier molecular flexibility index (Phi) is 2.35. The Labute approximate surface area is 66.8 Å². The van der Waals surface area contributed by atoms with Gasteiger partial charge in [-0.3, -0.25) is 0 Å². The normalized spacial score (nSPS) is 11.7. The van der Waals surface area contributed by atoms with Gasteiger partial charge in [-0.25, -0.2) is 4.39 Å². The maximum atomic E-state index is 12.4. The summed E-state index contributed by atoms with van der Waals surface area (Å²) < 4.78 is 47.6. The van der Waals surface area contributed by atoms with Crippen molar-refractivity contribution in [3.05, 3.63) is 35.6 Å². The predicted molar refractivity (Wildman–Crippen MR) is 36.2 cm³/mol. The third kappa shape index (κ3) is 2.90. The smallest absolute Gasteiger partial charge is 0.207 e. The zero-order chi connectivity index (χ0) is 9.19. The number of alkyl halides is 3. The van der Waals surface area contributed by atoms with Crippen molar-refractivity contribution in [1.82, 2.24) is 0 Å². The number of benzene rings is 1. The highest BCUT2D eigenvalue weighted by molar-refractivity contribution is 5.17. The first-order chi connectivity index (χ1) is 5.47. The maximum Gasteiger partial charge on any atom is 0.393 e. The van der Waals surface area contributed by atoms with Gasteiger partial charge in [0, 0.05) is 0 Å². The fourth-order valence-electron chi connectivity index (χ4n) is 0.878. The van der Waals surface area contributed by atoms with Crippen LogP contribution in [0.3, 0.4) is 0 Å². The second-order valence-electron chi connectivity index (χ2n) is 2.42. The van der Waals surface area contributed by atoms with Gasteiger partial charge in [-0.1, -0.05) is 12.1 Å². The van der Waals surface area contributed by atoms with Gasteiger partial charge in [-0.05, 0) is 17.7 Å². The molecule has 0 N–H and O–H groups in total. The van der Waals surface area contributed by atoms with Gasteiger partial charge in [0.15, 0.2) is 0 Å². The molecule has 4 heteroatoms. The summed E-state index contributed by atoms with van der Waals surface area (Å²) in [6, 6.07) is 4.50. The number of hydrogen-bond acceptors (Lipinski definition) is 0. The van der Waals surface area contributed by atoms with E-state index in [1.165, 1.54) is 12.1 Å². The molecule has 0 saturated carbocycles. The Morgan fingerprint density at radius 1 is 1.17 bits per heavy atom. The van der Waals surface area contributed by atoms with Crippen molar-refractivity contribution < 1.29 is 17.6 Å². The summed E-state index contributed by atoms with van der Waals surface area (Å²) in [5.74, 6) is -0.642. The molecule has 0 aromatic heterocycles. The van der Waals surface area contributed by atoms with Crippen LogP contribution in [0.25, 0.3) is 0 Å². The van der Waals surface area contributed by atoms with Crippen LogP contribution in [0.15, 0.2) is 24.3 Å².